The zero-order chi connectivity index (χ0) is 25.4. The van der Waals surface area contributed by atoms with Gasteiger partial charge in [0.25, 0.3) is 5.91 Å². The number of nitrogens with one attached hydrogen (secondary N) is 2. The number of hydrogen-bond acceptors (Lipinski definition) is 5. The van der Waals surface area contributed by atoms with Gasteiger partial charge in [0.1, 0.15) is 13.2 Å². The lowest BCUT2D eigenvalue weighted by molar-refractivity contribution is -0.119. The number of carbonyl (C=O) groups is 2. The summed E-state index contributed by atoms with van der Waals surface area (Å²) >= 11 is 0. The van der Waals surface area contributed by atoms with Crippen molar-refractivity contribution in [3.8, 4) is 11.5 Å². The number of fused-ring (bicyclic) bond motifs is 3. The molecule has 2 aliphatic heterocycles. The molecule has 3 heterocycles. The molecule has 37 heavy (non-hydrogen) atoms. The number of rotatable bonds is 6. The lowest BCUT2D eigenvalue weighted by atomic mass is 9.79. The summed E-state index contributed by atoms with van der Waals surface area (Å²) in [6.07, 6.45) is 1.90. The number of carbonyl (C=O) groups excluding carboxylic acids is 2. The molecule has 188 valence electrons. The van der Waals surface area contributed by atoms with Crippen molar-refractivity contribution in [2.45, 2.75) is 12.0 Å². The predicted octanol–water partition coefficient (Wildman–Crippen LogP) is 4.50. The van der Waals surface area contributed by atoms with Gasteiger partial charge in [0.05, 0.1) is 18.6 Å². The van der Waals surface area contributed by atoms with E-state index < -0.39 is 12.0 Å². The Bertz CT molecular complexity index is 1480. The predicted molar refractivity (Wildman–Crippen MR) is 139 cm³/mol. The van der Waals surface area contributed by atoms with E-state index >= 15 is 0 Å². The number of benzene rings is 3. The van der Waals surface area contributed by atoms with E-state index in [0.717, 1.165) is 16.5 Å². The molecule has 4 aromatic rings. The van der Waals surface area contributed by atoms with E-state index in [4.69, 9.17) is 14.2 Å². The molecular weight excluding hydrogens is 470 g/mol. The molecule has 2 unspecified atom stereocenters. The SMILES string of the molecule is COCCN1C(=O)c2ccccc2C(C(=O)Nc2ccc3c(c2)OCCO3)C1c1c[nH]c2ccccc12. The number of anilines is 1. The van der Waals surface area contributed by atoms with E-state index in [9.17, 15) is 9.59 Å². The molecule has 0 saturated carbocycles. The van der Waals surface area contributed by atoms with Gasteiger partial charge in [-0.25, -0.2) is 0 Å². The van der Waals surface area contributed by atoms with Crippen LogP contribution in [-0.4, -0.2) is 55.2 Å². The normalized spacial score (nSPS) is 18.5. The van der Waals surface area contributed by atoms with Crippen molar-refractivity contribution in [1.82, 2.24) is 9.88 Å². The molecule has 0 fully saturated rings. The number of methoxy groups -OCH3 is 1. The minimum Gasteiger partial charge on any atom is -0.486 e. The van der Waals surface area contributed by atoms with Gasteiger partial charge in [-0.3, -0.25) is 9.59 Å². The lowest BCUT2D eigenvalue weighted by Crippen LogP contribution is -2.47. The number of ether oxygens (including phenoxy) is 3. The van der Waals surface area contributed by atoms with Crippen LogP contribution in [0.1, 0.15) is 33.4 Å². The molecule has 0 spiro atoms. The quantitative estimate of drug-likeness (QED) is 0.409. The summed E-state index contributed by atoms with van der Waals surface area (Å²) in [5, 5.41) is 4.05. The average Bonchev–Trinajstić information content (AvgIpc) is 3.36. The summed E-state index contributed by atoms with van der Waals surface area (Å²) in [5.41, 5.74) is 3.66. The second-order valence-electron chi connectivity index (χ2n) is 9.14. The van der Waals surface area contributed by atoms with Gasteiger partial charge < -0.3 is 29.4 Å². The van der Waals surface area contributed by atoms with Crippen LogP contribution in [-0.2, 0) is 9.53 Å². The Morgan fingerprint density at radius 3 is 2.68 bits per heavy atom. The number of nitrogens with zero attached hydrogens (tertiary/aromatic N) is 1. The largest absolute Gasteiger partial charge is 0.486 e. The van der Waals surface area contributed by atoms with E-state index in [0.29, 0.717) is 54.7 Å². The lowest BCUT2D eigenvalue weighted by Gasteiger charge is -2.41. The maximum absolute atomic E-state index is 14.1. The molecule has 2 N–H and O–H groups in total. The number of aromatic nitrogens is 1. The second kappa shape index (κ2) is 9.63. The Morgan fingerprint density at radius 1 is 1.03 bits per heavy atom. The third-order valence-electron chi connectivity index (χ3n) is 7.01. The Kier molecular flexibility index (Phi) is 6.02. The van der Waals surface area contributed by atoms with Gasteiger partial charge in [-0.2, -0.15) is 0 Å². The van der Waals surface area contributed by atoms with Crippen LogP contribution in [0.4, 0.5) is 5.69 Å². The van der Waals surface area contributed by atoms with Crippen molar-refractivity contribution in [2.24, 2.45) is 0 Å². The zero-order valence-corrected chi connectivity index (χ0v) is 20.4. The van der Waals surface area contributed by atoms with Gasteiger partial charge in [-0.15, -0.1) is 0 Å². The highest BCUT2D eigenvalue weighted by atomic mass is 16.6. The minimum atomic E-state index is -0.654. The molecule has 1 aromatic heterocycles. The zero-order valence-electron chi connectivity index (χ0n) is 20.4. The van der Waals surface area contributed by atoms with Gasteiger partial charge in [0.2, 0.25) is 5.91 Å². The average molecular weight is 498 g/mol. The molecule has 3 aromatic carbocycles. The van der Waals surface area contributed by atoms with E-state index in [1.54, 1.807) is 36.3 Å². The van der Waals surface area contributed by atoms with Crippen LogP contribution in [0.25, 0.3) is 10.9 Å². The summed E-state index contributed by atoms with van der Waals surface area (Å²) in [7, 11) is 1.61. The molecule has 0 bridgehead atoms. The van der Waals surface area contributed by atoms with Gasteiger partial charge in [0.15, 0.2) is 11.5 Å². The Hall–Kier alpha value is -4.30. The topological polar surface area (TPSA) is 92.9 Å². The highest BCUT2D eigenvalue weighted by Crippen LogP contribution is 2.45. The second-order valence-corrected chi connectivity index (χ2v) is 9.14. The molecule has 6 rings (SSSR count). The van der Waals surface area contributed by atoms with Crippen molar-refractivity contribution < 1.29 is 23.8 Å². The third-order valence-corrected chi connectivity index (χ3v) is 7.01. The van der Waals surface area contributed by atoms with Crippen molar-refractivity contribution in [3.63, 3.8) is 0 Å². The number of amides is 2. The van der Waals surface area contributed by atoms with Crippen LogP contribution in [0.5, 0.6) is 11.5 Å². The molecule has 2 atom stereocenters. The fourth-order valence-electron chi connectivity index (χ4n) is 5.34. The van der Waals surface area contributed by atoms with Crippen LogP contribution in [0, 0.1) is 0 Å². The summed E-state index contributed by atoms with van der Waals surface area (Å²) in [6.45, 7) is 1.65. The van der Waals surface area contributed by atoms with Crippen molar-refractivity contribution >= 4 is 28.4 Å². The first kappa shape index (κ1) is 23.1. The fraction of sp³-hybridized carbons (Fsp3) is 0.241. The first-order valence-electron chi connectivity index (χ1n) is 12.3. The molecule has 0 aliphatic carbocycles. The fourth-order valence-corrected chi connectivity index (χ4v) is 5.34. The van der Waals surface area contributed by atoms with Crippen molar-refractivity contribution in [3.05, 3.63) is 89.6 Å². The summed E-state index contributed by atoms with van der Waals surface area (Å²) in [6, 6.07) is 20.1. The van der Waals surface area contributed by atoms with Gasteiger partial charge >= 0.3 is 0 Å². The molecular formula is C29H27N3O5. The minimum absolute atomic E-state index is 0.119. The monoisotopic (exact) mass is 497 g/mol. The van der Waals surface area contributed by atoms with Crippen LogP contribution in [0.2, 0.25) is 0 Å². The first-order valence-corrected chi connectivity index (χ1v) is 12.3. The standard InChI is InChI=1S/C29H27N3O5/c1-35-13-12-32-27(22-17-30-23-9-5-4-6-19(22)23)26(20-7-2-3-8-21(20)29(32)34)28(33)31-18-10-11-24-25(16-18)37-15-14-36-24/h2-11,16-17,26-27,30H,12-15H2,1H3,(H,31,33). The number of para-hydroxylation sites is 1. The van der Waals surface area contributed by atoms with Crippen molar-refractivity contribution in [1.29, 1.82) is 0 Å². The molecule has 8 nitrogen and oxygen atoms in total. The van der Waals surface area contributed by atoms with Gasteiger partial charge in [-0.05, 0) is 29.8 Å². The van der Waals surface area contributed by atoms with Crippen LogP contribution < -0.4 is 14.8 Å². The van der Waals surface area contributed by atoms with E-state index in [1.165, 1.54) is 0 Å². The van der Waals surface area contributed by atoms with Crippen LogP contribution in [0.15, 0.2) is 72.9 Å². The molecule has 0 radical (unpaired) electrons. The maximum atomic E-state index is 14.1. The highest BCUT2D eigenvalue weighted by Gasteiger charge is 2.44. The highest BCUT2D eigenvalue weighted by molar-refractivity contribution is 6.05. The summed E-state index contributed by atoms with van der Waals surface area (Å²) in [4.78, 5) is 32.9. The van der Waals surface area contributed by atoms with E-state index in [1.807, 2.05) is 48.7 Å². The maximum Gasteiger partial charge on any atom is 0.254 e. The van der Waals surface area contributed by atoms with E-state index in [2.05, 4.69) is 10.3 Å². The number of aromatic amines is 1. The Balaban J connectivity index is 1.46. The van der Waals surface area contributed by atoms with Gasteiger partial charge in [-0.1, -0.05) is 36.4 Å². The van der Waals surface area contributed by atoms with E-state index in [-0.39, 0.29) is 11.8 Å². The van der Waals surface area contributed by atoms with Crippen LogP contribution in [0.3, 0.4) is 0 Å². The molecule has 2 aliphatic rings. The van der Waals surface area contributed by atoms with Crippen LogP contribution >= 0.6 is 0 Å². The Morgan fingerprint density at radius 2 is 1.81 bits per heavy atom. The molecule has 8 heteroatoms. The Labute approximate surface area is 214 Å². The third kappa shape index (κ3) is 4.09. The van der Waals surface area contributed by atoms with Gasteiger partial charge in [0, 0.05) is 53.6 Å². The first-order chi connectivity index (χ1) is 18.2. The molecule has 2 amide bonds. The summed E-state index contributed by atoms with van der Waals surface area (Å²) in [5.74, 6) is 0.261. The molecule has 0 saturated heterocycles. The van der Waals surface area contributed by atoms with Crippen molar-refractivity contribution in [2.75, 3.05) is 38.8 Å². The number of hydrogen-bond donors (Lipinski definition) is 2. The smallest absolute Gasteiger partial charge is 0.254 e. The number of H-pyrrole nitrogens is 1. The summed E-state index contributed by atoms with van der Waals surface area (Å²) < 4.78 is 16.7.